The zero-order chi connectivity index (χ0) is 24.5. The number of hydrogen-bond acceptors (Lipinski definition) is 4. The van der Waals surface area contributed by atoms with E-state index in [2.05, 4.69) is 47.1 Å². The Balaban J connectivity index is 5.60. The summed E-state index contributed by atoms with van der Waals surface area (Å²) in [6, 6.07) is 0. The van der Waals surface area contributed by atoms with E-state index in [4.69, 9.17) is 6.42 Å². The minimum Gasteiger partial charge on any atom is -0.381 e. The van der Waals surface area contributed by atoms with Crippen LogP contribution < -0.4 is 10.6 Å². The molecule has 0 aromatic heterocycles. The van der Waals surface area contributed by atoms with Crippen molar-refractivity contribution >= 4 is 0 Å². The first-order valence-electron chi connectivity index (χ1n) is 10.5. The van der Waals surface area contributed by atoms with Gasteiger partial charge in [0, 0.05) is 24.1 Å². The number of alkyl halides is 1. The van der Waals surface area contributed by atoms with Gasteiger partial charge in [0.05, 0.1) is 12.7 Å². The van der Waals surface area contributed by atoms with Crippen LogP contribution in [0, 0.1) is 12.3 Å². The van der Waals surface area contributed by atoms with Gasteiger partial charge in [-0.2, -0.15) is 4.39 Å². The third-order valence-electron chi connectivity index (χ3n) is 4.58. The summed E-state index contributed by atoms with van der Waals surface area (Å²) in [7, 11) is 4.05. The summed E-state index contributed by atoms with van der Waals surface area (Å²) < 4.78 is 26.3. The van der Waals surface area contributed by atoms with E-state index in [1.807, 2.05) is 39.2 Å². The molecule has 0 aliphatic heterocycles. The average molecular weight is 445 g/mol. The largest absolute Gasteiger partial charge is 0.381 e. The van der Waals surface area contributed by atoms with Crippen molar-refractivity contribution in [3.63, 3.8) is 0 Å². The Kier molecular flexibility index (Phi) is 15.3. The van der Waals surface area contributed by atoms with E-state index >= 15 is 0 Å². The molecule has 32 heavy (non-hydrogen) atoms. The fourth-order valence-corrected chi connectivity index (χ4v) is 2.60. The third kappa shape index (κ3) is 11.5. The molecular weight excluding hydrogens is 406 g/mol. The van der Waals surface area contributed by atoms with Crippen molar-refractivity contribution in [3.05, 3.63) is 84.7 Å². The summed E-state index contributed by atoms with van der Waals surface area (Å²) in [4.78, 5) is 4.19. The fourth-order valence-electron chi connectivity index (χ4n) is 2.60. The molecule has 0 spiro atoms. The van der Waals surface area contributed by atoms with E-state index in [1.165, 1.54) is 6.08 Å². The number of nitrogens with one attached hydrogen (secondary N) is 2. The van der Waals surface area contributed by atoms with Crippen LogP contribution in [0.3, 0.4) is 0 Å². The lowest BCUT2D eigenvalue weighted by Gasteiger charge is -2.32. The smallest absolute Gasteiger partial charge is 0.172 e. The van der Waals surface area contributed by atoms with E-state index in [9.17, 15) is 8.78 Å². The Labute approximate surface area is 193 Å². The first-order valence-corrected chi connectivity index (χ1v) is 10.5. The van der Waals surface area contributed by atoms with Gasteiger partial charge in [-0.3, -0.25) is 4.90 Å². The highest BCUT2D eigenvalue weighted by molar-refractivity contribution is 5.31. The topological polar surface area (TPSA) is 30.5 Å². The lowest BCUT2D eigenvalue weighted by Crippen LogP contribution is -2.48. The van der Waals surface area contributed by atoms with Crippen molar-refractivity contribution in [2.45, 2.75) is 26.4 Å². The van der Waals surface area contributed by atoms with E-state index in [0.717, 1.165) is 30.3 Å². The maximum atomic E-state index is 13.2. The SMILES string of the molecule is C#C/C(F)=C\C=C(/CF)CNC(=C)/C(C)=C/N(CC(NCCC)N(C)C)/C(C=C)=C\C=C. The second-order valence-corrected chi connectivity index (χ2v) is 7.38. The quantitative estimate of drug-likeness (QED) is 0.203. The highest BCUT2D eigenvalue weighted by Gasteiger charge is 2.16. The second kappa shape index (κ2) is 16.8. The first-order chi connectivity index (χ1) is 15.2. The number of allylic oxidation sites excluding steroid dienone is 7. The molecule has 0 aliphatic rings. The minimum atomic E-state index is -0.750. The molecule has 2 N–H and O–H groups in total. The van der Waals surface area contributed by atoms with Crippen LogP contribution in [0.25, 0.3) is 0 Å². The molecule has 0 fully saturated rings. The molecule has 0 heterocycles. The number of halogens is 2. The van der Waals surface area contributed by atoms with Crippen LogP contribution >= 0.6 is 0 Å². The fraction of sp³-hybridized carbons (Fsp3) is 0.385. The number of rotatable bonds is 16. The zero-order valence-electron chi connectivity index (χ0n) is 19.9. The zero-order valence-corrected chi connectivity index (χ0v) is 19.9. The van der Waals surface area contributed by atoms with Gasteiger partial charge in [0.2, 0.25) is 0 Å². The molecule has 0 saturated carbocycles. The molecule has 0 amide bonds. The van der Waals surface area contributed by atoms with Gasteiger partial charge in [-0.1, -0.05) is 38.8 Å². The van der Waals surface area contributed by atoms with Gasteiger partial charge in [0.1, 0.15) is 6.67 Å². The Morgan fingerprint density at radius 1 is 1.22 bits per heavy atom. The van der Waals surface area contributed by atoms with Crippen LogP contribution in [0.4, 0.5) is 8.78 Å². The van der Waals surface area contributed by atoms with E-state index in [-0.39, 0.29) is 12.7 Å². The number of terminal acetylenes is 1. The molecule has 0 radical (unpaired) electrons. The van der Waals surface area contributed by atoms with E-state index < -0.39 is 12.5 Å². The van der Waals surface area contributed by atoms with Crippen molar-refractivity contribution in [1.29, 1.82) is 0 Å². The lowest BCUT2D eigenvalue weighted by molar-refractivity contribution is 0.207. The molecule has 0 aromatic rings. The normalized spacial score (nSPS) is 14.1. The predicted molar refractivity (Wildman–Crippen MR) is 134 cm³/mol. The maximum absolute atomic E-state index is 13.2. The predicted octanol–water partition coefficient (Wildman–Crippen LogP) is 4.82. The summed E-state index contributed by atoms with van der Waals surface area (Å²) in [5, 5.41) is 6.62. The van der Waals surface area contributed by atoms with Crippen molar-refractivity contribution in [2.24, 2.45) is 0 Å². The van der Waals surface area contributed by atoms with Crippen LogP contribution in [-0.2, 0) is 0 Å². The monoisotopic (exact) mass is 444 g/mol. The van der Waals surface area contributed by atoms with Crippen molar-refractivity contribution in [1.82, 2.24) is 20.4 Å². The molecule has 0 aliphatic carbocycles. The second-order valence-electron chi connectivity index (χ2n) is 7.38. The molecule has 0 bridgehead atoms. The molecule has 1 unspecified atom stereocenters. The van der Waals surface area contributed by atoms with Crippen LogP contribution in [0.2, 0.25) is 0 Å². The molecule has 176 valence electrons. The Morgan fingerprint density at radius 3 is 2.41 bits per heavy atom. The minimum absolute atomic E-state index is 0.104. The van der Waals surface area contributed by atoms with Crippen LogP contribution in [-0.4, -0.2) is 56.4 Å². The van der Waals surface area contributed by atoms with Gasteiger partial charge in [-0.25, -0.2) is 4.39 Å². The van der Waals surface area contributed by atoms with Crippen molar-refractivity contribution < 1.29 is 8.78 Å². The van der Waals surface area contributed by atoms with Crippen LogP contribution in [0.15, 0.2) is 84.7 Å². The molecular formula is C26H38F2N4. The lowest BCUT2D eigenvalue weighted by atomic mass is 10.2. The maximum Gasteiger partial charge on any atom is 0.172 e. The number of nitrogens with zero attached hydrogens (tertiary/aromatic N) is 2. The first kappa shape index (κ1) is 29.1. The number of likely N-dealkylation sites (N-methyl/N-ethyl adjacent to an activating group) is 1. The van der Waals surface area contributed by atoms with Gasteiger partial charge in [0.25, 0.3) is 0 Å². The molecule has 0 rings (SSSR count). The summed E-state index contributed by atoms with van der Waals surface area (Å²) in [5.41, 5.74) is 2.73. The van der Waals surface area contributed by atoms with Gasteiger partial charge < -0.3 is 15.5 Å². The van der Waals surface area contributed by atoms with Gasteiger partial charge in [0.15, 0.2) is 5.83 Å². The summed E-state index contributed by atoms with van der Waals surface area (Å²) in [6.07, 6.45) is 15.8. The molecule has 0 saturated heterocycles. The van der Waals surface area contributed by atoms with Gasteiger partial charge in [-0.05, 0) is 69.3 Å². The van der Waals surface area contributed by atoms with Crippen molar-refractivity contribution in [2.75, 3.05) is 40.4 Å². The standard InChI is InChI=1S/C26H38F2N4/c1-9-13-25(12-4)32(20-26(31(7)8)29-16-10-2)19-21(5)22(6)30-18-23(17-27)14-15-24(28)11-3/h3,9,12-15,19,26,29-30H,1,4,6,10,16-18,20H2,2,5,7-8H3/b21-19+,23-14+,24-15+,25-13-. The molecule has 0 aromatic carbocycles. The highest BCUT2D eigenvalue weighted by atomic mass is 19.1. The van der Waals surface area contributed by atoms with Crippen LogP contribution in [0.1, 0.15) is 20.3 Å². The molecule has 6 heteroatoms. The van der Waals surface area contributed by atoms with E-state index in [0.29, 0.717) is 17.8 Å². The molecule has 1 atom stereocenters. The summed E-state index contributed by atoms with van der Waals surface area (Å²) in [5.74, 6) is 1.11. The van der Waals surface area contributed by atoms with Gasteiger partial charge in [-0.15, -0.1) is 6.42 Å². The number of hydrogen-bond donors (Lipinski definition) is 2. The summed E-state index contributed by atoms with van der Waals surface area (Å²) >= 11 is 0. The Morgan fingerprint density at radius 2 is 1.91 bits per heavy atom. The Hall–Kier alpha value is -2.88. The van der Waals surface area contributed by atoms with Crippen LogP contribution in [0.5, 0.6) is 0 Å². The third-order valence-corrected chi connectivity index (χ3v) is 4.58. The van der Waals surface area contributed by atoms with E-state index in [1.54, 1.807) is 12.2 Å². The highest BCUT2D eigenvalue weighted by Crippen LogP contribution is 2.14. The van der Waals surface area contributed by atoms with Crippen molar-refractivity contribution in [3.8, 4) is 12.3 Å². The summed E-state index contributed by atoms with van der Waals surface area (Å²) in [6.45, 7) is 16.8. The Bertz CT molecular complexity index is 782. The van der Waals surface area contributed by atoms with Gasteiger partial charge >= 0.3 is 0 Å². The molecule has 4 nitrogen and oxygen atoms in total. The average Bonchev–Trinajstić information content (AvgIpc) is 2.78.